The smallest absolute Gasteiger partial charge is 0.228 e. The van der Waals surface area contributed by atoms with E-state index in [1.807, 2.05) is 35.9 Å². The maximum atomic E-state index is 11.9. The number of fused-ring (bicyclic) bond motifs is 1. The van der Waals surface area contributed by atoms with E-state index >= 15 is 0 Å². The number of rotatable bonds is 3. The van der Waals surface area contributed by atoms with Crippen LogP contribution in [0, 0.1) is 5.92 Å². The predicted octanol–water partition coefficient (Wildman–Crippen LogP) is 3.29. The van der Waals surface area contributed by atoms with Gasteiger partial charge in [0.05, 0.1) is 17.4 Å². The lowest BCUT2D eigenvalue weighted by atomic mass is 10.1. The van der Waals surface area contributed by atoms with Crippen molar-refractivity contribution >= 4 is 22.6 Å². The van der Waals surface area contributed by atoms with Gasteiger partial charge in [0.1, 0.15) is 11.6 Å². The van der Waals surface area contributed by atoms with Gasteiger partial charge in [-0.3, -0.25) is 4.79 Å². The molecule has 1 aliphatic carbocycles. The molecule has 2 heterocycles. The first-order valence-corrected chi connectivity index (χ1v) is 7.68. The average molecular weight is 307 g/mol. The fraction of sp³-hybridized carbons (Fsp3) is 0.222. The third-order valence-corrected chi connectivity index (χ3v) is 4.31. The first-order valence-electron chi connectivity index (χ1n) is 7.68. The van der Waals surface area contributed by atoms with Crippen LogP contribution in [0.15, 0.2) is 42.6 Å². The topological polar surface area (TPSA) is 67.2 Å². The highest BCUT2D eigenvalue weighted by Gasteiger charge is 2.29. The Balaban J connectivity index is 1.75. The molecule has 5 heteroatoms. The summed E-state index contributed by atoms with van der Waals surface area (Å²) in [6, 6.07) is 11.1. The highest BCUT2D eigenvalue weighted by Crippen LogP contribution is 2.34. The first-order chi connectivity index (χ1) is 11.1. The maximum Gasteiger partial charge on any atom is 0.228 e. The molecule has 2 aromatic heterocycles. The zero-order valence-electron chi connectivity index (χ0n) is 12.8. The number of nitrogens with one attached hydrogen (secondary N) is 1. The van der Waals surface area contributed by atoms with Crippen molar-refractivity contribution in [3.05, 3.63) is 42.6 Å². The van der Waals surface area contributed by atoms with E-state index in [0.29, 0.717) is 5.82 Å². The lowest BCUT2D eigenvalue weighted by Gasteiger charge is -2.06. The van der Waals surface area contributed by atoms with Gasteiger partial charge in [0, 0.05) is 23.9 Å². The number of amides is 1. The number of phenolic OH excluding ortho intramolecular Hbond substituents is 1. The van der Waals surface area contributed by atoms with E-state index in [4.69, 9.17) is 0 Å². The third kappa shape index (κ3) is 2.44. The number of phenols is 1. The Kier molecular flexibility index (Phi) is 3.08. The lowest BCUT2D eigenvalue weighted by Crippen LogP contribution is -2.14. The second-order valence-corrected chi connectivity index (χ2v) is 6.00. The van der Waals surface area contributed by atoms with Gasteiger partial charge in [-0.15, -0.1) is 0 Å². The summed E-state index contributed by atoms with van der Waals surface area (Å²) >= 11 is 0. The number of para-hydroxylation sites is 1. The van der Waals surface area contributed by atoms with Crippen LogP contribution in [0.3, 0.4) is 0 Å². The SMILES string of the molecule is Cn1c(-c2ccccc2O)cc2cc(NC(=O)C3CC3)ncc21. The van der Waals surface area contributed by atoms with Crippen molar-refractivity contribution in [1.29, 1.82) is 0 Å². The van der Waals surface area contributed by atoms with E-state index in [-0.39, 0.29) is 17.6 Å². The first kappa shape index (κ1) is 13.8. The Morgan fingerprint density at radius 1 is 1.30 bits per heavy atom. The molecule has 0 aliphatic heterocycles. The second kappa shape index (κ2) is 5.12. The molecule has 2 N–H and O–H groups in total. The Labute approximate surface area is 133 Å². The van der Waals surface area contributed by atoms with Crippen molar-refractivity contribution in [2.45, 2.75) is 12.8 Å². The summed E-state index contributed by atoms with van der Waals surface area (Å²) in [4.78, 5) is 16.2. The van der Waals surface area contributed by atoms with Crippen LogP contribution in [-0.4, -0.2) is 20.6 Å². The van der Waals surface area contributed by atoms with E-state index in [1.165, 1.54) is 0 Å². The van der Waals surface area contributed by atoms with Crippen molar-refractivity contribution in [2.24, 2.45) is 13.0 Å². The summed E-state index contributed by atoms with van der Waals surface area (Å²) in [6.45, 7) is 0. The molecule has 5 nitrogen and oxygen atoms in total. The summed E-state index contributed by atoms with van der Waals surface area (Å²) in [7, 11) is 1.94. The number of anilines is 1. The monoisotopic (exact) mass is 307 g/mol. The van der Waals surface area contributed by atoms with Crippen LogP contribution in [0.25, 0.3) is 22.2 Å². The number of hydrogen-bond donors (Lipinski definition) is 2. The number of aryl methyl sites for hydroxylation is 1. The minimum atomic E-state index is 0.0497. The van der Waals surface area contributed by atoms with Crippen LogP contribution in [-0.2, 0) is 11.8 Å². The van der Waals surface area contributed by atoms with Crippen molar-refractivity contribution < 1.29 is 9.90 Å². The van der Waals surface area contributed by atoms with Gasteiger partial charge in [0.15, 0.2) is 0 Å². The number of benzene rings is 1. The molecule has 23 heavy (non-hydrogen) atoms. The molecule has 0 unspecified atom stereocenters. The standard InChI is InChI=1S/C18H17N3O2/c1-21-14(13-4-2-3-5-16(13)22)8-12-9-17(19-10-15(12)21)20-18(23)11-6-7-11/h2-5,8-11,22H,6-7H2,1H3,(H,19,20,23). The predicted molar refractivity (Wildman–Crippen MR) is 89.2 cm³/mol. The highest BCUT2D eigenvalue weighted by molar-refractivity contribution is 5.96. The zero-order valence-corrected chi connectivity index (χ0v) is 12.8. The van der Waals surface area contributed by atoms with E-state index in [9.17, 15) is 9.90 Å². The molecule has 1 aliphatic rings. The number of hydrogen-bond acceptors (Lipinski definition) is 3. The highest BCUT2D eigenvalue weighted by atomic mass is 16.3. The normalized spacial score (nSPS) is 14.1. The Morgan fingerprint density at radius 3 is 2.83 bits per heavy atom. The van der Waals surface area contributed by atoms with E-state index in [2.05, 4.69) is 10.3 Å². The molecule has 0 saturated heterocycles. The third-order valence-electron chi connectivity index (χ3n) is 4.31. The summed E-state index contributed by atoms with van der Waals surface area (Å²) in [6.07, 6.45) is 3.69. The molecule has 0 spiro atoms. The summed E-state index contributed by atoms with van der Waals surface area (Å²) < 4.78 is 1.99. The molecule has 0 atom stereocenters. The number of aromatic hydroxyl groups is 1. The Bertz CT molecular complexity index is 910. The van der Waals surface area contributed by atoms with E-state index in [1.54, 1.807) is 18.3 Å². The van der Waals surface area contributed by atoms with Gasteiger partial charge in [0.2, 0.25) is 5.91 Å². The van der Waals surface area contributed by atoms with Crippen LogP contribution < -0.4 is 5.32 Å². The molecule has 1 amide bonds. The molecule has 1 aromatic carbocycles. The molecule has 1 saturated carbocycles. The minimum Gasteiger partial charge on any atom is -0.507 e. The number of aromatic nitrogens is 2. The minimum absolute atomic E-state index is 0.0497. The number of carbonyl (C=O) groups excluding carboxylic acids is 1. The van der Waals surface area contributed by atoms with Crippen molar-refractivity contribution in [3.8, 4) is 17.0 Å². The van der Waals surface area contributed by atoms with Gasteiger partial charge in [-0.25, -0.2) is 4.98 Å². The molecular formula is C18H17N3O2. The quantitative estimate of drug-likeness (QED) is 0.780. The van der Waals surface area contributed by atoms with E-state index < -0.39 is 0 Å². The average Bonchev–Trinajstić information content (AvgIpc) is 3.34. The summed E-state index contributed by atoms with van der Waals surface area (Å²) in [5, 5.41) is 13.9. The summed E-state index contributed by atoms with van der Waals surface area (Å²) in [5.41, 5.74) is 2.63. The van der Waals surface area contributed by atoms with Crippen LogP contribution in [0.1, 0.15) is 12.8 Å². The second-order valence-electron chi connectivity index (χ2n) is 6.00. The number of pyridine rings is 1. The largest absolute Gasteiger partial charge is 0.507 e. The molecule has 4 rings (SSSR count). The fourth-order valence-electron chi connectivity index (χ4n) is 2.82. The van der Waals surface area contributed by atoms with Crippen LogP contribution in [0.4, 0.5) is 5.82 Å². The number of nitrogens with zero attached hydrogens (tertiary/aromatic N) is 2. The Morgan fingerprint density at radius 2 is 2.09 bits per heavy atom. The van der Waals surface area contributed by atoms with Gasteiger partial charge in [-0.05, 0) is 37.1 Å². The van der Waals surface area contributed by atoms with Crippen LogP contribution in [0.2, 0.25) is 0 Å². The van der Waals surface area contributed by atoms with Crippen molar-refractivity contribution in [2.75, 3.05) is 5.32 Å². The Hall–Kier alpha value is -2.82. The molecule has 3 aromatic rings. The lowest BCUT2D eigenvalue weighted by molar-refractivity contribution is -0.117. The summed E-state index contributed by atoms with van der Waals surface area (Å²) in [5.74, 6) is 1.02. The maximum absolute atomic E-state index is 11.9. The molecule has 0 radical (unpaired) electrons. The van der Waals surface area contributed by atoms with Gasteiger partial charge in [-0.2, -0.15) is 0 Å². The van der Waals surface area contributed by atoms with Gasteiger partial charge in [-0.1, -0.05) is 12.1 Å². The van der Waals surface area contributed by atoms with Crippen molar-refractivity contribution in [3.63, 3.8) is 0 Å². The van der Waals surface area contributed by atoms with Gasteiger partial charge >= 0.3 is 0 Å². The van der Waals surface area contributed by atoms with E-state index in [0.717, 1.165) is 35.0 Å². The van der Waals surface area contributed by atoms with Crippen molar-refractivity contribution in [1.82, 2.24) is 9.55 Å². The molecular weight excluding hydrogens is 290 g/mol. The van der Waals surface area contributed by atoms with Crippen LogP contribution >= 0.6 is 0 Å². The fourth-order valence-corrected chi connectivity index (χ4v) is 2.82. The van der Waals surface area contributed by atoms with Gasteiger partial charge in [0.25, 0.3) is 0 Å². The molecule has 116 valence electrons. The zero-order chi connectivity index (χ0) is 16.0. The molecule has 1 fully saturated rings. The molecule has 0 bridgehead atoms. The van der Waals surface area contributed by atoms with Gasteiger partial charge < -0.3 is 15.0 Å². The number of carbonyl (C=O) groups is 1. The van der Waals surface area contributed by atoms with Crippen LogP contribution in [0.5, 0.6) is 5.75 Å².